The van der Waals surface area contributed by atoms with Gasteiger partial charge in [0.2, 0.25) is 0 Å². The lowest BCUT2D eigenvalue weighted by atomic mass is 10.2. The molecule has 1 rings (SSSR count). The van der Waals surface area contributed by atoms with Crippen LogP contribution in [0.5, 0.6) is 0 Å². The topological polar surface area (TPSA) is 98.5 Å². The van der Waals surface area contributed by atoms with Gasteiger partial charge in [-0.25, -0.2) is 8.42 Å². The number of ether oxygens (including phenoxy) is 1. The zero-order valence-corrected chi connectivity index (χ0v) is 10.4. The summed E-state index contributed by atoms with van der Waals surface area (Å²) in [7, 11) is -2.12. The Bertz CT molecular complexity index is 525. The largest absolute Gasteiger partial charge is 0.468 e. The summed E-state index contributed by atoms with van der Waals surface area (Å²) < 4.78 is 27.3. The highest BCUT2D eigenvalue weighted by atomic mass is 32.2. The van der Waals surface area contributed by atoms with E-state index in [1.54, 1.807) is 12.1 Å². The summed E-state index contributed by atoms with van der Waals surface area (Å²) in [5, 5.41) is 2.71. The Morgan fingerprint density at radius 3 is 2.65 bits per heavy atom. The Balaban J connectivity index is 3.00. The Morgan fingerprint density at radius 1 is 1.47 bits per heavy atom. The average Bonchev–Trinajstić information content (AvgIpc) is 2.25. The van der Waals surface area contributed by atoms with Gasteiger partial charge >= 0.3 is 5.97 Å². The third-order valence-corrected chi connectivity index (χ3v) is 3.27. The van der Waals surface area contributed by atoms with Crippen LogP contribution in [0.4, 0.5) is 11.4 Å². The molecule has 0 unspecified atom stereocenters. The minimum Gasteiger partial charge on any atom is -0.468 e. The van der Waals surface area contributed by atoms with Crippen LogP contribution in [0.1, 0.15) is 0 Å². The lowest BCUT2D eigenvalue weighted by Crippen LogP contribution is -2.16. The summed E-state index contributed by atoms with van der Waals surface area (Å²) in [5.74, 6) is -0.464. The summed E-state index contributed by atoms with van der Waals surface area (Å²) in [6.45, 7) is -0.0755. The van der Waals surface area contributed by atoms with E-state index in [1.165, 1.54) is 13.2 Å². The van der Waals surface area contributed by atoms with Gasteiger partial charge in [0.25, 0.3) is 0 Å². The third-order valence-electron chi connectivity index (χ3n) is 2.12. The fourth-order valence-corrected chi connectivity index (χ4v) is 2.10. The van der Waals surface area contributed by atoms with E-state index in [9.17, 15) is 13.2 Å². The fraction of sp³-hybridized carbons (Fsp3) is 0.300. The number of hydrogen-bond donors (Lipinski definition) is 2. The van der Waals surface area contributed by atoms with E-state index in [-0.39, 0.29) is 17.1 Å². The van der Waals surface area contributed by atoms with Gasteiger partial charge in [-0.15, -0.1) is 0 Å². The maximum Gasteiger partial charge on any atom is 0.325 e. The number of anilines is 2. The van der Waals surface area contributed by atoms with Crippen molar-refractivity contribution < 1.29 is 17.9 Å². The van der Waals surface area contributed by atoms with Crippen molar-refractivity contribution in [2.24, 2.45) is 0 Å². The molecule has 0 bridgehead atoms. The lowest BCUT2D eigenvalue weighted by molar-refractivity contribution is -0.138. The van der Waals surface area contributed by atoms with Gasteiger partial charge in [0.1, 0.15) is 6.54 Å². The molecule has 6 nitrogen and oxygen atoms in total. The van der Waals surface area contributed by atoms with Gasteiger partial charge in [-0.05, 0) is 12.1 Å². The molecule has 1 aromatic rings. The molecule has 3 N–H and O–H groups in total. The van der Waals surface area contributed by atoms with Crippen LogP contribution in [0.3, 0.4) is 0 Å². The van der Waals surface area contributed by atoms with Gasteiger partial charge in [0.05, 0.1) is 23.4 Å². The van der Waals surface area contributed by atoms with Gasteiger partial charge < -0.3 is 15.8 Å². The SMILES string of the molecule is COC(=O)CNc1cccc(S(C)(=O)=O)c1N. The number of nitrogens with one attached hydrogen (secondary N) is 1. The van der Waals surface area contributed by atoms with Crippen molar-refractivity contribution >= 4 is 27.2 Å². The van der Waals surface area contributed by atoms with E-state index in [0.717, 1.165) is 6.26 Å². The normalized spacial score (nSPS) is 10.9. The molecule has 1 aromatic carbocycles. The van der Waals surface area contributed by atoms with Crippen LogP contribution in [-0.4, -0.2) is 34.3 Å². The Kier molecular flexibility index (Phi) is 3.95. The highest BCUT2D eigenvalue weighted by Gasteiger charge is 2.14. The van der Waals surface area contributed by atoms with Crippen LogP contribution in [0.25, 0.3) is 0 Å². The maximum atomic E-state index is 11.4. The van der Waals surface area contributed by atoms with Crippen LogP contribution >= 0.6 is 0 Å². The van der Waals surface area contributed by atoms with Crippen LogP contribution in [0, 0.1) is 0 Å². The first-order valence-corrected chi connectivity index (χ1v) is 6.64. The number of carbonyl (C=O) groups is 1. The molecule has 17 heavy (non-hydrogen) atoms. The molecule has 0 fully saturated rings. The van der Waals surface area contributed by atoms with Crippen molar-refractivity contribution in [1.29, 1.82) is 0 Å². The number of sulfone groups is 1. The quantitative estimate of drug-likeness (QED) is 0.593. The highest BCUT2D eigenvalue weighted by Crippen LogP contribution is 2.26. The number of methoxy groups -OCH3 is 1. The van der Waals surface area contributed by atoms with E-state index in [2.05, 4.69) is 10.1 Å². The summed E-state index contributed by atoms with van der Waals surface area (Å²) in [4.78, 5) is 11.0. The first kappa shape index (κ1) is 13.3. The minimum absolute atomic E-state index is 0.0346. The molecule has 0 heterocycles. The molecule has 0 spiro atoms. The smallest absolute Gasteiger partial charge is 0.325 e. The van der Waals surface area contributed by atoms with Gasteiger partial charge in [0, 0.05) is 6.26 Å². The molecule has 0 aromatic heterocycles. The van der Waals surface area contributed by atoms with Crippen LogP contribution in [-0.2, 0) is 19.4 Å². The number of nitrogens with two attached hydrogens (primary N) is 1. The number of benzene rings is 1. The van der Waals surface area contributed by atoms with Crippen LogP contribution in [0.2, 0.25) is 0 Å². The van der Waals surface area contributed by atoms with E-state index in [0.29, 0.717) is 5.69 Å². The number of carbonyl (C=O) groups excluding carboxylic acids is 1. The maximum absolute atomic E-state index is 11.4. The Morgan fingerprint density at radius 2 is 2.12 bits per heavy atom. The van der Waals surface area contributed by atoms with Crippen molar-refractivity contribution in [3.63, 3.8) is 0 Å². The highest BCUT2D eigenvalue weighted by molar-refractivity contribution is 7.90. The van der Waals surface area contributed by atoms with E-state index < -0.39 is 15.8 Å². The Hall–Kier alpha value is -1.76. The molecule has 0 saturated heterocycles. The van der Waals surface area contributed by atoms with Crippen molar-refractivity contribution in [2.45, 2.75) is 4.90 Å². The fourth-order valence-electron chi connectivity index (χ4n) is 1.26. The lowest BCUT2D eigenvalue weighted by Gasteiger charge is -2.11. The van der Waals surface area contributed by atoms with Crippen LogP contribution < -0.4 is 11.1 Å². The second-order valence-corrected chi connectivity index (χ2v) is 5.40. The second-order valence-electron chi connectivity index (χ2n) is 3.42. The molecule has 0 atom stereocenters. The van der Waals surface area contributed by atoms with Crippen molar-refractivity contribution in [1.82, 2.24) is 0 Å². The predicted octanol–water partition coefficient (Wildman–Crippen LogP) is 0.257. The van der Waals surface area contributed by atoms with Gasteiger partial charge in [-0.3, -0.25) is 4.79 Å². The number of nitrogen functional groups attached to an aromatic ring is 1. The van der Waals surface area contributed by atoms with Crippen molar-refractivity contribution in [3.05, 3.63) is 18.2 Å². The molecule has 94 valence electrons. The summed E-state index contributed by atoms with van der Waals surface area (Å²) in [5.41, 5.74) is 6.19. The second kappa shape index (κ2) is 5.05. The van der Waals surface area contributed by atoms with E-state index in [1.807, 2.05) is 0 Å². The first-order valence-electron chi connectivity index (χ1n) is 4.75. The van der Waals surface area contributed by atoms with Crippen molar-refractivity contribution in [2.75, 3.05) is 31.0 Å². The standard InChI is InChI=1S/C10H14N2O4S/c1-16-9(13)6-12-7-4-3-5-8(10(7)11)17(2,14)15/h3-5,12H,6,11H2,1-2H3. The van der Waals surface area contributed by atoms with Gasteiger partial charge in [0.15, 0.2) is 9.84 Å². The molecular weight excluding hydrogens is 244 g/mol. The molecule has 0 saturated carbocycles. The van der Waals surface area contributed by atoms with Gasteiger partial charge in [-0.2, -0.15) is 0 Å². The molecule has 0 aliphatic carbocycles. The molecule has 0 aliphatic heterocycles. The molecule has 0 amide bonds. The minimum atomic E-state index is -3.38. The molecule has 0 aliphatic rings. The molecular formula is C10H14N2O4S. The van der Waals surface area contributed by atoms with Crippen molar-refractivity contribution in [3.8, 4) is 0 Å². The third kappa shape index (κ3) is 3.35. The molecule has 7 heteroatoms. The zero-order chi connectivity index (χ0) is 13.1. The summed E-state index contributed by atoms with van der Waals surface area (Å²) in [6.07, 6.45) is 1.07. The molecule has 0 radical (unpaired) electrons. The van der Waals surface area contributed by atoms with Crippen LogP contribution in [0.15, 0.2) is 23.1 Å². The van der Waals surface area contributed by atoms with E-state index in [4.69, 9.17) is 5.73 Å². The summed E-state index contributed by atoms with van der Waals surface area (Å²) >= 11 is 0. The van der Waals surface area contributed by atoms with E-state index >= 15 is 0 Å². The number of rotatable bonds is 4. The van der Waals surface area contributed by atoms with Gasteiger partial charge in [-0.1, -0.05) is 6.07 Å². The number of para-hydroxylation sites is 1. The average molecular weight is 258 g/mol. The first-order chi connectivity index (χ1) is 7.86. The summed E-state index contributed by atoms with van der Waals surface area (Å²) in [6, 6.07) is 4.55. The number of hydrogen-bond acceptors (Lipinski definition) is 6. The number of esters is 1. The predicted molar refractivity (Wildman–Crippen MR) is 64.5 cm³/mol. The monoisotopic (exact) mass is 258 g/mol. The zero-order valence-electron chi connectivity index (χ0n) is 9.56. The Labute approximate surface area is 99.7 Å².